The van der Waals surface area contributed by atoms with Crippen LogP contribution in [-0.4, -0.2) is 29.0 Å². The summed E-state index contributed by atoms with van der Waals surface area (Å²) < 4.78 is 3.51. The molecule has 2 aliphatic carbocycles. The lowest BCUT2D eigenvalue weighted by Gasteiger charge is -2.29. The van der Waals surface area contributed by atoms with Crippen LogP contribution in [0.2, 0.25) is 0 Å². The lowest BCUT2D eigenvalue weighted by molar-refractivity contribution is 0.402. The molecule has 2 aliphatic rings. The largest absolute Gasteiger partial charge is 0.507 e. The third kappa shape index (κ3) is 9.76. The smallest absolute Gasteiger partial charge is 0.336 e. The van der Waals surface area contributed by atoms with Gasteiger partial charge in [-0.25, -0.2) is 28.1 Å². The lowest BCUT2D eigenvalue weighted by Crippen LogP contribution is -2.54. The van der Waals surface area contributed by atoms with E-state index in [1.807, 2.05) is 77.9 Å². The second kappa shape index (κ2) is 17.0. The van der Waals surface area contributed by atoms with Gasteiger partial charge in [0, 0.05) is 0 Å². The van der Waals surface area contributed by atoms with E-state index in [1.54, 1.807) is 0 Å². The summed E-state index contributed by atoms with van der Waals surface area (Å²) in [4.78, 5) is 44.6. The van der Waals surface area contributed by atoms with Crippen LogP contribution in [0.5, 0.6) is 17.2 Å². The highest BCUT2D eigenvalue weighted by molar-refractivity contribution is 5.51. The molecule has 0 unspecified atom stereocenters. The van der Waals surface area contributed by atoms with Crippen LogP contribution in [0, 0.1) is 0 Å². The first-order chi connectivity index (χ1) is 28.3. The van der Waals surface area contributed by atoms with Crippen molar-refractivity contribution in [1.82, 2.24) is 13.7 Å². The van der Waals surface area contributed by atoms with Crippen molar-refractivity contribution in [1.29, 1.82) is 0 Å². The lowest BCUT2D eigenvalue weighted by atomic mass is 9.78. The van der Waals surface area contributed by atoms with E-state index in [9.17, 15) is 29.7 Å². The quantitative estimate of drug-likeness (QED) is 0.162. The van der Waals surface area contributed by atoms with Crippen molar-refractivity contribution < 1.29 is 15.3 Å². The average Bonchev–Trinajstić information content (AvgIpc) is 3.17. The Morgan fingerprint density at radius 1 is 0.410 bits per heavy atom. The van der Waals surface area contributed by atoms with Crippen LogP contribution in [0.25, 0.3) is 0 Å². The molecule has 3 N–H and O–H groups in total. The van der Waals surface area contributed by atoms with Crippen LogP contribution < -0.4 is 17.1 Å². The zero-order valence-corrected chi connectivity index (χ0v) is 39.2. The molecule has 6 rings (SSSR count). The van der Waals surface area contributed by atoms with Gasteiger partial charge in [-0.15, -0.1) is 0 Å². The normalized spacial score (nSPS) is 16.3. The molecule has 0 spiro atoms. The van der Waals surface area contributed by atoms with E-state index < -0.39 is 38.7 Å². The molecule has 332 valence electrons. The Balaban J connectivity index is 1.59. The van der Waals surface area contributed by atoms with E-state index in [1.165, 1.54) is 9.13 Å². The third-order valence-electron chi connectivity index (χ3n) is 13.3. The predicted octanol–water partition coefficient (Wildman–Crippen LogP) is 10.7. The molecule has 3 aromatic carbocycles. The summed E-state index contributed by atoms with van der Waals surface area (Å²) in [5.74, 6) is 1.11. The molecule has 0 bridgehead atoms. The number of nitrogens with zero attached hydrogens (tertiary/aromatic N) is 3. The molecule has 0 aliphatic heterocycles. The van der Waals surface area contributed by atoms with Gasteiger partial charge in [-0.05, 0) is 134 Å². The molecule has 9 heteroatoms. The van der Waals surface area contributed by atoms with Crippen molar-refractivity contribution >= 4 is 0 Å². The number of aromatic hydroxyl groups is 3. The first kappa shape index (κ1) is 46.0. The van der Waals surface area contributed by atoms with Crippen LogP contribution in [-0.2, 0) is 41.3 Å². The number of phenols is 3. The number of hydrogen-bond acceptors (Lipinski definition) is 6. The Hall–Kier alpha value is -4.53. The molecule has 2 fully saturated rings. The molecule has 0 saturated heterocycles. The highest BCUT2D eigenvalue weighted by Crippen LogP contribution is 2.45. The number of phenolic OH excluding ortho intramolecular Hbond substituents is 3. The van der Waals surface area contributed by atoms with Gasteiger partial charge in [0.2, 0.25) is 0 Å². The number of rotatable bonds is 8. The second-order valence-corrected chi connectivity index (χ2v) is 22.5. The summed E-state index contributed by atoms with van der Waals surface area (Å²) in [5.41, 5.74) is 2.88. The van der Waals surface area contributed by atoms with Crippen LogP contribution >= 0.6 is 0 Å². The Labute approximate surface area is 363 Å². The van der Waals surface area contributed by atoms with Gasteiger partial charge in [0.15, 0.2) is 0 Å². The minimum atomic E-state index is -0.720. The molecule has 9 nitrogen and oxygen atoms in total. The van der Waals surface area contributed by atoms with Gasteiger partial charge < -0.3 is 15.3 Å². The number of benzene rings is 3. The predicted molar refractivity (Wildman–Crippen MR) is 247 cm³/mol. The van der Waals surface area contributed by atoms with E-state index in [0.29, 0.717) is 27.8 Å². The number of aromatic nitrogens is 3. The summed E-state index contributed by atoms with van der Waals surface area (Å²) >= 11 is 0. The van der Waals surface area contributed by atoms with E-state index in [4.69, 9.17) is 0 Å². The van der Waals surface area contributed by atoms with E-state index in [0.717, 1.165) is 91.0 Å². The van der Waals surface area contributed by atoms with E-state index >= 15 is 0 Å². The van der Waals surface area contributed by atoms with E-state index in [2.05, 4.69) is 41.5 Å². The fourth-order valence-corrected chi connectivity index (χ4v) is 9.78. The van der Waals surface area contributed by atoms with Crippen molar-refractivity contribution in [2.75, 3.05) is 0 Å². The summed E-state index contributed by atoms with van der Waals surface area (Å²) in [5, 5.41) is 34.9. The van der Waals surface area contributed by atoms with Gasteiger partial charge in [-0.1, -0.05) is 134 Å². The summed E-state index contributed by atoms with van der Waals surface area (Å²) in [6.07, 6.45) is 10.5. The Morgan fingerprint density at radius 2 is 0.656 bits per heavy atom. The monoisotopic (exact) mass is 836 g/mol. The van der Waals surface area contributed by atoms with Crippen molar-refractivity contribution in [3.8, 4) is 17.2 Å². The maximum absolute atomic E-state index is 14.9. The van der Waals surface area contributed by atoms with Gasteiger partial charge >= 0.3 is 17.1 Å². The zero-order chi connectivity index (χ0) is 45.0. The van der Waals surface area contributed by atoms with Crippen molar-refractivity contribution in [2.24, 2.45) is 0 Å². The van der Waals surface area contributed by atoms with Gasteiger partial charge in [-0.2, -0.15) is 0 Å². The van der Waals surface area contributed by atoms with Gasteiger partial charge in [0.25, 0.3) is 0 Å². The van der Waals surface area contributed by atoms with Gasteiger partial charge in [-0.3, -0.25) is 0 Å². The second-order valence-electron chi connectivity index (χ2n) is 22.5. The number of hydrogen-bond donors (Lipinski definition) is 3. The van der Waals surface area contributed by atoms with Crippen molar-refractivity contribution in [3.05, 3.63) is 118 Å². The first-order valence-corrected chi connectivity index (χ1v) is 22.8. The SMILES string of the molecule is CC(C)(C)c1cc(Cn2c(=O)n(Cc3cc(C4CCCCC4)c(O)c(C(C)(C)C)c3)c(=O)n(Cc3cc(C(C)(C)C)c(O)c(C(C)(C)C)c3)c2=O)cc(C2CCCCC2)c1O. The summed E-state index contributed by atoms with van der Waals surface area (Å²) in [6, 6.07) is 11.5. The fourth-order valence-electron chi connectivity index (χ4n) is 9.78. The minimum Gasteiger partial charge on any atom is -0.507 e. The Kier molecular flexibility index (Phi) is 12.8. The Bertz CT molecular complexity index is 2280. The maximum atomic E-state index is 14.9. The molecular formula is C52H73N3O6. The van der Waals surface area contributed by atoms with Crippen LogP contribution in [0.15, 0.2) is 50.8 Å². The van der Waals surface area contributed by atoms with Gasteiger partial charge in [0.05, 0.1) is 19.6 Å². The van der Waals surface area contributed by atoms with Crippen LogP contribution in [0.4, 0.5) is 0 Å². The van der Waals surface area contributed by atoms with Crippen molar-refractivity contribution in [3.63, 3.8) is 0 Å². The molecule has 4 aromatic rings. The molecule has 61 heavy (non-hydrogen) atoms. The molecular weight excluding hydrogens is 763 g/mol. The molecule has 0 radical (unpaired) electrons. The topological polar surface area (TPSA) is 127 Å². The van der Waals surface area contributed by atoms with Crippen molar-refractivity contribution in [2.45, 2.75) is 200 Å². The molecule has 1 aromatic heterocycles. The minimum absolute atomic E-state index is 0.0900. The highest BCUT2D eigenvalue weighted by atomic mass is 16.3. The molecule has 0 amide bonds. The average molecular weight is 836 g/mol. The first-order valence-electron chi connectivity index (χ1n) is 22.8. The summed E-state index contributed by atoms with van der Waals surface area (Å²) in [7, 11) is 0. The molecule has 2 saturated carbocycles. The zero-order valence-electron chi connectivity index (χ0n) is 39.2. The van der Waals surface area contributed by atoms with Gasteiger partial charge in [0.1, 0.15) is 17.2 Å². The van der Waals surface area contributed by atoms with E-state index in [-0.39, 0.29) is 48.7 Å². The van der Waals surface area contributed by atoms with Crippen LogP contribution in [0.1, 0.15) is 209 Å². The highest BCUT2D eigenvalue weighted by Gasteiger charge is 2.31. The summed E-state index contributed by atoms with van der Waals surface area (Å²) in [6.45, 7) is 24.1. The van der Waals surface area contributed by atoms with Crippen LogP contribution in [0.3, 0.4) is 0 Å². The third-order valence-corrected chi connectivity index (χ3v) is 13.3. The standard InChI is InChI=1S/C52H73N3O6/c1-49(2,3)39-25-32(23-37(43(39)56)35-19-15-13-16-20-35)29-53-46(59)54(30-33-24-38(36-21-17-14-18-22-36)44(57)40(26-33)50(4,5)6)48(61)55(47(53)60)31-34-27-41(51(7,8)9)45(58)42(28-34)52(10,11)12/h23-28,35-36,56-58H,13-22,29-31H2,1-12H3. The Morgan fingerprint density at radius 3 is 0.918 bits per heavy atom. The molecule has 0 atom stereocenters. The maximum Gasteiger partial charge on any atom is 0.336 e. The fraction of sp³-hybridized carbons (Fsp3) is 0.596. The molecule has 1 heterocycles.